The van der Waals surface area contributed by atoms with Crippen LogP contribution in [-0.4, -0.2) is 9.97 Å². The highest BCUT2D eigenvalue weighted by molar-refractivity contribution is 6.34. The van der Waals surface area contributed by atoms with Gasteiger partial charge in [0.15, 0.2) is 5.82 Å². The van der Waals surface area contributed by atoms with Crippen molar-refractivity contribution < 1.29 is 4.39 Å². The first kappa shape index (κ1) is 14.7. The Hall–Kier alpha value is -1.19. The molecule has 0 radical (unpaired) electrons. The van der Waals surface area contributed by atoms with Gasteiger partial charge in [0.1, 0.15) is 16.1 Å². The molecule has 1 aliphatic rings. The topological polar surface area (TPSA) is 25.8 Å². The maximum Gasteiger partial charge on any atom is 0.162 e. The summed E-state index contributed by atoms with van der Waals surface area (Å²) in [6.07, 6.45) is 4.51. The zero-order valence-corrected chi connectivity index (χ0v) is 13.2. The molecule has 0 N–H and O–H groups in total. The predicted molar refractivity (Wildman–Crippen MR) is 83.4 cm³/mol. The van der Waals surface area contributed by atoms with Gasteiger partial charge < -0.3 is 0 Å². The third-order valence-corrected chi connectivity index (χ3v) is 4.63. The molecule has 1 aromatic carbocycles. The summed E-state index contributed by atoms with van der Waals surface area (Å²) in [5, 5.41) is 0.779. The van der Waals surface area contributed by atoms with Crippen LogP contribution in [-0.2, 0) is 0 Å². The van der Waals surface area contributed by atoms with Gasteiger partial charge in [-0.05, 0) is 43.4 Å². The van der Waals surface area contributed by atoms with Crippen LogP contribution in [0.5, 0.6) is 0 Å². The SMILES string of the molecule is Cc1ccc(F)cc1-c1nc(Cl)c(C2CCCC2)c(Cl)n1. The second kappa shape index (κ2) is 5.90. The van der Waals surface area contributed by atoms with Gasteiger partial charge in [0.2, 0.25) is 0 Å². The van der Waals surface area contributed by atoms with E-state index in [0.717, 1.165) is 24.0 Å². The van der Waals surface area contributed by atoms with Gasteiger partial charge in [0.05, 0.1) is 0 Å². The normalized spacial score (nSPS) is 15.6. The zero-order valence-electron chi connectivity index (χ0n) is 11.7. The van der Waals surface area contributed by atoms with Gasteiger partial charge in [-0.3, -0.25) is 0 Å². The molecule has 1 fully saturated rings. The second-order valence-corrected chi connectivity index (χ2v) is 6.20. The van der Waals surface area contributed by atoms with Gasteiger partial charge in [-0.1, -0.05) is 42.1 Å². The van der Waals surface area contributed by atoms with Crippen LogP contribution in [0.2, 0.25) is 10.3 Å². The van der Waals surface area contributed by atoms with Gasteiger partial charge >= 0.3 is 0 Å². The lowest BCUT2D eigenvalue weighted by Gasteiger charge is -2.14. The molecule has 3 rings (SSSR count). The van der Waals surface area contributed by atoms with E-state index < -0.39 is 0 Å². The standard InChI is InChI=1S/C16H15Cl2FN2/c1-9-6-7-11(19)8-12(9)16-20-14(17)13(15(18)21-16)10-4-2-3-5-10/h6-8,10H,2-5H2,1H3. The molecule has 0 aliphatic heterocycles. The van der Waals surface area contributed by atoms with E-state index in [1.165, 1.54) is 25.0 Å². The fraction of sp³-hybridized carbons (Fsp3) is 0.375. The first-order valence-corrected chi connectivity index (χ1v) is 7.81. The van der Waals surface area contributed by atoms with Gasteiger partial charge in [-0.15, -0.1) is 0 Å². The molecule has 2 aromatic rings. The molecule has 0 bridgehead atoms. The summed E-state index contributed by atoms with van der Waals surface area (Å²) < 4.78 is 13.4. The Balaban J connectivity index is 2.07. The van der Waals surface area contributed by atoms with E-state index in [-0.39, 0.29) is 5.82 Å². The number of halogens is 3. The van der Waals surface area contributed by atoms with Crippen LogP contribution in [0.3, 0.4) is 0 Å². The lowest BCUT2D eigenvalue weighted by Crippen LogP contribution is -2.02. The molecule has 21 heavy (non-hydrogen) atoms. The van der Waals surface area contributed by atoms with Crippen molar-refractivity contribution in [2.45, 2.75) is 38.5 Å². The number of hydrogen-bond donors (Lipinski definition) is 0. The molecule has 0 saturated heterocycles. The molecule has 0 amide bonds. The van der Waals surface area contributed by atoms with E-state index in [0.29, 0.717) is 27.6 Å². The Bertz CT molecular complexity index is 659. The summed E-state index contributed by atoms with van der Waals surface area (Å²) in [5.41, 5.74) is 2.35. The molecular formula is C16H15Cl2FN2. The summed E-state index contributed by atoms with van der Waals surface area (Å²) in [6.45, 7) is 1.88. The van der Waals surface area contributed by atoms with Crippen molar-refractivity contribution in [3.8, 4) is 11.4 Å². The minimum Gasteiger partial charge on any atom is -0.216 e. The summed E-state index contributed by atoms with van der Waals surface area (Å²) in [4.78, 5) is 8.71. The maximum atomic E-state index is 13.4. The molecular weight excluding hydrogens is 310 g/mol. The van der Waals surface area contributed by atoms with Crippen LogP contribution in [0.4, 0.5) is 4.39 Å². The minimum absolute atomic E-state index is 0.327. The highest BCUT2D eigenvalue weighted by Gasteiger charge is 2.25. The molecule has 0 unspecified atom stereocenters. The number of nitrogens with zero attached hydrogens (tertiary/aromatic N) is 2. The summed E-state index contributed by atoms with van der Waals surface area (Å²) in [5.74, 6) is 0.391. The Morgan fingerprint density at radius 1 is 1.10 bits per heavy atom. The van der Waals surface area contributed by atoms with Crippen molar-refractivity contribution in [3.05, 3.63) is 45.4 Å². The van der Waals surface area contributed by atoms with Crippen LogP contribution in [0.25, 0.3) is 11.4 Å². The molecule has 5 heteroatoms. The Morgan fingerprint density at radius 3 is 2.33 bits per heavy atom. The monoisotopic (exact) mass is 324 g/mol. The Labute approximate surface area is 133 Å². The fourth-order valence-corrected chi connectivity index (χ4v) is 3.62. The van der Waals surface area contributed by atoms with Crippen LogP contribution in [0.15, 0.2) is 18.2 Å². The highest BCUT2D eigenvalue weighted by Crippen LogP contribution is 2.40. The minimum atomic E-state index is -0.327. The predicted octanol–water partition coefficient (Wildman–Crippen LogP) is 5.56. The van der Waals surface area contributed by atoms with Crippen LogP contribution >= 0.6 is 23.2 Å². The van der Waals surface area contributed by atoms with Crippen molar-refractivity contribution >= 4 is 23.2 Å². The molecule has 1 saturated carbocycles. The van der Waals surface area contributed by atoms with Crippen molar-refractivity contribution in [1.82, 2.24) is 9.97 Å². The second-order valence-electron chi connectivity index (χ2n) is 5.48. The molecule has 1 heterocycles. The van der Waals surface area contributed by atoms with Gasteiger partial charge in [0.25, 0.3) is 0 Å². The summed E-state index contributed by atoms with van der Waals surface area (Å²) in [7, 11) is 0. The molecule has 0 spiro atoms. The maximum absolute atomic E-state index is 13.4. The van der Waals surface area contributed by atoms with Crippen LogP contribution in [0, 0.1) is 12.7 Å². The molecule has 110 valence electrons. The lowest BCUT2D eigenvalue weighted by molar-refractivity contribution is 0.627. The van der Waals surface area contributed by atoms with Gasteiger partial charge in [0, 0.05) is 11.1 Å². The Kier molecular flexibility index (Phi) is 4.14. The number of hydrogen-bond acceptors (Lipinski definition) is 2. The quantitative estimate of drug-likeness (QED) is 0.676. The van der Waals surface area contributed by atoms with Crippen LogP contribution < -0.4 is 0 Å². The largest absolute Gasteiger partial charge is 0.216 e. The van der Waals surface area contributed by atoms with Crippen LogP contribution in [0.1, 0.15) is 42.7 Å². The third kappa shape index (κ3) is 2.90. The number of aromatic nitrogens is 2. The molecule has 2 nitrogen and oxygen atoms in total. The number of benzene rings is 1. The van der Waals surface area contributed by atoms with E-state index >= 15 is 0 Å². The van der Waals surface area contributed by atoms with Gasteiger partial charge in [-0.25, -0.2) is 14.4 Å². The summed E-state index contributed by atoms with van der Waals surface area (Å²) in [6, 6.07) is 4.52. The third-order valence-electron chi connectivity index (χ3n) is 4.06. The number of aryl methyl sites for hydroxylation is 1. The Morgan fingerprint density at radius 2 is 1.71 bits per heavy atom. The molecule has 0 atom stereocenters. The van der Waals surface area contributed by atoms with E-state index in [1.807, 2.05) is 6.92 Å². The smallest absolute Gasteiger partial charge is 0.162 e. The van der Waals surface area contributed by atoms with Crippen molar-refractivity contribution in [1.29, 1.82) is 0 Å². The van der Waals surface area contributed by atoms with E-state index in [2.05, 4.69) is 9.97 Å². The first-order valence-electron chi connectivity index (χ1n) is 7.05. The average Bonchev–Trinajstić information content (AvgIpc) is 2.94. The fourth-order valence-electron chi connectivity index (χ4n) is 2.92. The van der Waals surface area contributed by atoms with E-state index in [1.54, 1.807) is 6.07 Å². The lowest BCUT2D eigenvalue weighted by atomic mass is 10.0. The van der Waals surface area contributed by atoms with E-state index in [9.17, 15) is 4.39 Å². The number of rotatable bonds is 2. The zero-order chi connectivity index (χ0) is 15.0. The van der Waals surface area contributed by atoms with Gasteiger partial charge in [-0.2, -0.15) is 0 Å². The first-order chi connectivity index (χ1) is 10.1. The summed E-state index contributed by atoms with van der Waals surface area (Å²) >= 11 is 12.7. The average molecular weight is 325 g/mol. The van der Waals surface area contributed by atoms with Crippen molar-refractivity contribution in [2.24, 2.45) is 0 Å². The highest BCUT2D eigenvalue weighted by atomic mass is 35.5. The van der Waals surface area contributed by atoms with E-state index in [4.69, 9.17) is 23.2 Å². The molecule has 1 aromatic heterocycles. The van der Waals surface area contributed by atoms with Crippen molar-refractivity contribution in [3.63, 3.8) is 0 Å². The molecule has 1 aliphatic carbocycles. The van der Waals surface area contributed by atoms with Crippen molar-refractivity contribution in [2.75, 3.05) is 0 Å².